The number of alkyl halides is 1. The van der Waals surface area contributed by atoms with E-state index in [9.17, 15) is 13.2 Å². The fourth-order valence-electron chi connectivity index (χ4n) is 1.79. The van der Waals surface area contributed by atoms with E-state index in [1.54, 1.807) is 0 Å². The molecule has 0 spiro atoms. The van der Waals surface area contributed by atoms with E-state index in [1.165, 1.54) is 24.3 Å². The molecule has 0 aliphatic carbocycles. The van der Waals surface area contributed by atoms with Gasteiger partial charge in [-0.1, -0.05) is 23.7 Å². The van der Waals surface area contributed by atoms with Crippen LogP contribution in [0.5, 0.6) is 0 Å². The third kappa shape index (κ3) is 3.23. The van der Waals surface area contributed by atoms with E-state index in [1.807, 2.05) is 0 Å². The Balaban J connectivity index is 2.25. The van der Waals surface area contributed by atoms with E-state index in [-0.39, 0.29) is 17.0 Å². The van der Waals surface area contributed by atoms with Crippen molar-refractivity contribution in [2.75, 3.05) is 0 Å². The standard InChI is InChI=1S/C14H9Cl2F3/c15-9-2-1-3-12(18)14(9)10(16)6-8-4-5-11(17)13(19)7-8/h1-5,7,10H,6H2. The maximum Gasteiger partial charge on any atom is 0.159 e. The normalized spacial score (nSPS) is 12.5. The number of hydrogen-bond donors (Lipinski definition) is 0. The largest absolute Gasteiger partial charge is 0.207 e. The zero-order valence-electron chi connectivity index (χ0n) is 9.64. The van der Waals surface area contributed by atoms with Gasteiger partial charge in [-0.25, -0.2) is 13.2 Å². The Labute approximate surface area is 118 Å². The summed E-state index contributed by atoms with van der Waals surface area (Å²) in [5.74, 6) is -2.41. The van der Waals surface area contributed by atoms with Crippen molar-refractivity contribution >= 4 is 23.2 Å². The van der Waals surface area contributed by atoms with Crippen molar-refractivity contribution in [2.24, 2.45) is 0 Å². The molecule has 0 aromatic heterocycles. The Bertz CT molecular complexity index is 579. The summed E-state index contributed by atoms with van der Waals surface area (Å²) in [5.41, 5.74) is 0.633. The molecular weight excluding hydrogens is 296 g/mol. The van der Waals surface area contributed by atoms with Gasteiger partial charge in [0, 0.05) is 10.6 Å². The maximum absolute atomic E-state index is 13.6. The first-order chi connectivity index (χ1) is 8.99. The summed E-state index contributed by atoms with van der Waals surface area (Å²) in [5, 5.41) is -0.541. The van der Waals surface area contributed by atoms with Crippen molar-refractivity contribution in [3.05, 3.63) is 70.0 Å². The Kier molecular flexibility index (Phi) is 4.38. The van der Waals surface area contributed by atoms with Gasteiger partial charge in [0.1, 0.15) is 5.82 Å². The van der Waals surface area contributed by atoms with E-state index >= 15 is 0 Å². The van der Waals surface area contributed by atoms with Gasteiger partial charge in [-0.2, -0.15) is 0 Å². The number of benzene rings is 2. The van der Waals surface area contributed by atoms with E-state index in [0.717, 1.165) is 12.1 Å². The van der Waals surface area contributed by atoms with Crippen LogP contribution in [0.25, 0.3) is 0 Å². The van der Waals surface area contributed by atoms with Gasteiger partial charge in [-0.15, -0.1) is 11.6 Å². The smallest absolute Gasteiger partial charge is 0.159 e. The zero-order chi connectivity index (χ0) is 14.0. The molecule has 0 aliphatic heterocycles. The lowest BCUT2D eigenvalue weighted by atomic mass is 10.0. The molecule has 0 aliphatic rings. The van der Waals surface area contributed by atoms with Crippen LogP contribution in [0, 0.1) is 17.5 Å². The first-order valence-electron chi connectivity index (χ1n) is 5.51. The minimum Gasteiger partial charge on any atom is -0.207 e. The van der Waals surface area contributed by atoms with E-state index < -0.39 is 22.8 Å². The molecule has 0 N–H and O–H groups in total. The van der Waals surface area contributed by atoms with Crippen LogP contribution >= 0.6 is 23.2 Å². The summed E-state index contributed by atoms with van der Waals surface area (Å²) in [4.78, 5) is 0. The van der Waals surface area contributed by atoms with Crippen LogP contribution in [0.15, 0.2) is 36.4 Å². The minimum absolute atomic E-state index is 0.152. The van der Waals surface area contributed by atoms with Crippen LogP contribution in [-0.4, -0.2) is 0 Å². The summed E-state index contributed by atoms with van der Waals surface area (Å²) in [6.45, 7) is 0. The van der Waals surface area contributed by atoms with Gasteiger partial charge in [-0.3, -0.25) is 0 Å². The fourth-order valence-corrected chi connectivity index (χ4v) is 2.54. The van der Waals surface area contributed by atoms with Gasteiger partial charge >= 0.3 is 0 Å². The van der Waals surface area contributed by atoms with E-state index in [2.05, 4.69) is 0 Å². The maximum atomic E-state index is 13.6. The molecular formula is C14H9Cl2F3. The second-order valence-electron chi connectivity index (χ2n) is 4.06. The molecule has 0 nitrogen and oxygen atoms in total. The number of hydrogen-bond acceptors (Lipinski definition) is 0. The van der Waals surface area contributed by atoms with E-state index in [4.69, 9.17) is 23.2 Å². The highest BCUT2D eigenvalue weighted by Gasteiger charge is 2.17. The van der Waals surface area contributed by atoms with Crippen molar-refractivity contribution in [1.29, 1.82) is 0 Å². The molecule has 2 rings (SSSR count). The van der Waals surface area contributed by atoms with Crippen molar-refractivity contribution in [1.82, 2.24) is 0 Å². The Morgan fingerprint density at radius 1 is 0.947 bits per heavy atom. The minimum atomic E-state index is -0.957. The second kappa shape index (κ2) is 5.85. The SMILES string of the molecule is Fc1ccc(CC(Cl)c2c(F)cccc2Cl)cc1F. The predicted molar refractivity (Wildman–Crippen MR) is 70.1 cm³/mol. The fraction of sp³-hybridized carbons (Fsp3) is 0.143. The van der Waals surface area contributed by atoms with Gasteiger partial charge in [0.15, 0.2) is 11.6 Å². The summed E-state index contributed by atoms with van der Waals surface area (Å²) in [6.07, 6.45) is 0.152. The van der Waals surface area contributed by atoms with Crippen LogP contribution in [0.2, 0.25) is 5.02 Å². The first-order valence-corrected chi connectivity index (χ1v) is 6.32. The Hall–Kier alpha value is -1.19. The summed E-state index contributed by atoms with van der Waals surface area (Å²) in [6, 6.07) is 7.71. The molecule has 0 radical (unpaired) electrons. The predicted octanol–water partition coefficient (Wildman–Crippen LogP) is 5.28. The molecule has 0 heterocycles. The lowest BCUT2D eigenvalue weighted by Crippen LogP contribution is -2.01. The third-order valence-corrected chi connectivity index (χ3v) is 3.41. The molecule has 0 fully saturated rings. The van der Waals surface area contributed by atoms with Gasteiger partial charge in [0.25, 0.3) is 0 Å². The second-order valence-corrected chi connectivity index (χ2v) is 4.99. The quantitative estimate of drug-likeness (QED) is 0.677. The highest BCUT2D eigenvalue weighted by atomic mass is 35.5. The monoisotopic (exact) mass is 304 g/mol. The van der Waals surface area contributed by atoms with Crippen LogP contribution in [0.4, 0.5) is 13.2 Å². The van der Waals surface area contributed by atoms with Gasteiger partial charge < -0.3 is 0 Å². The molecule has 0 saturated carbocycles. The Morgan fingerprint density at radius 2 is 1.68 bits per heavy atom. The molecule has 0 bridgehead atoms. The van der Waals surface area contributed by atoms with E-state index in [0.29, 0.717) is 5.56 Å². The summed E-state index contributed by atoms with van der Waals surface area (Å²) in [7, 11) is 0. The molecule has 100 valence electrons. The highest BCUT2D eigenvalue weighted by molar-refractivity contribution is 6.32. The van der Waals surface area contributed by atoms with Crippen LogP contribution in [-0.2, 0) is 6.42 Å². The molecule has 1 atom stereocenters. The van der Waals surface area contributed by atoms with Crippen molar-refractivity contribution in [3.63, 3.8) is 0 Å². The number of halogens is 5. The van der Waals surface area contributed by atoms with Gasteiger partial charge in [0.2, 0.25) is 0 Å². The van der Waals surface area contributed by atoms with Gasteiger partial charge in [-0.05, 0) is 36.2 Å². The lowest BCUT2D eigenvalue weighted by molar-refractivity contribution is 0.507. The average Bonchev–Trinajstić information content (AvgIpc) is 2.33. The lowest BCUT2D eigenvalue weighted by Gasteiger charge is -2.13. The topological polar surface area (TPSA) is 0 Å². The first kappa shape index (κ1) is 14.2. The van der Waals surface area contributed by atoms with Gasteiger partial charge in [0.05, 0.1) is 5.38 Å². The van der Waals surface area contributed by atoms with Crippen molar-refractivity contribution < 1.29 is 13.2 Å². The molecule has 0 amide bonds. The average molecular weight is 305 g/mol. The third-order valence-electron chi connectivity index (χ3n) is 2.71. The van der Waals surface area contributed by atoms with Crippen LogP contribution in [0.1, 0.15) is 16.5 Å². The Morgan fingerprint density at radius 3 is 2.32 bits per heavy atom. The van der Waals surface area contributed by atoms with Crippen molar-refractivity contribution in [2.45, 2.75) is 11.8 Å². The number of rotatable bonds is 3. The molecule has 2 aromatic rings. The zero-order valence-corrected chi connectivity index (χ0v) is 11.2. The highest BCUT2D eigenvalue weighted by Crippen LogP contribution is 2.33. The van der Waals surface area contributed by atoms with Crippen molar-refractivity contribution in [3.8, 4) is 0 Å². The molecule has 5 heteroatoms. The molecule has 1 unspecified atom stereocenters. The molecule has 19 heavy (non-hydrogen) atoms. The summed E-state index contributed by atoms with van der Waals surface area (Å²) < 4.78 is 39.5. The molecule has 0 saturated heterocycles. The summed E-state index contributed by atoms with van der Waals surface area (Å²) >= 11 is 12.0. The van der Waals surface area contributed by atoms with Crippen LogP contribution < -0.4 is 0 Å². The molecule has 2 aromatic carbocycles. The van der Waals surface area contributed by atoms with Crippen LogP contribution in [0.3, 0.4) is 0 Å².